The number of nitrogens with one attached hydrogen (secondary N) is 1. The molecule has 1 aliphatic heterocycles. The summed E-state index contributed by atoms with van der Waals surface area (Å²) in [5, 5.41) is 2.54. The summed E-state index contributed by atoms with van der Waals surface area (Å²) in [4.78, 5) is 25.9. The van der Waals surface area contributed by atoms with Gasteiger partial charge in [-0.1, -0.05) is 18.2 Å². The second kappa shape index (κ2) is 8.56. The molecule has 0 unspecified atom stereocenters. The standard InChI is InChI=1S/C21H21FN2O4/c1-3-27-16-10-9-14(19(12-16)28-4-2)11-18-20(25)24(21(26)23-18)13-15-7-5-6-8-17(15)22/h5-12H,3-4,13H2,1-2H3,(H,23,26)/b18-11+. The molecule has 3 amide bonds. The number of halogens is 1. The minimum absolute atomic E-state index is 0.103. The van der Waals surface area contributed by atoms with Crippen LogP contribution in [0.15, 0.2) is 48.2 Å². The maximum Gasteiger partial charge on any atom is 0.329 e. The number of urea groups is 1. The van der Waals surface area contributed by atoms with Crippen LogP contribution in [-0.4, -0.2) is 30.1 Å². The minimum Gasteiger partial charge on any atom is -0.494 e. The highest BCUT2D eigenvalue weighted by Gasteiger charge is 2.34. The van der Waals surface area contributed by atoms with Crippen molar-refractivity contribution in [2.75, 3.05) is 13.2 Å². The van der Waals surface area contributed by atoms with E-state index >= 15 is 0 Å². The third kappa shape index (κ3) is 4.14. The molecule has 0 bridgehead atoms. The molecule has 0 spiro atoms. The summed E-state index contributed by atoms with van der Waals surface area (Å²) in [6, 6.07) is 10.7. The van der Waals surface area contributed by atoms with Crippen LogP contribution in [0.2, 0.25) is 0 Å². The Morgan fingerprint density at radius 2 is 1.82 bits per heavy atom. The predicted molar refractivity (Wildman–Crippen MR) is 102 cm³/mol. The van der Waals surface area contributed by atoms with E-state index < -0.39 is 17.8 Å². The summed E-state index contributed by atoms with van der Waals surface area (Å²) in [5.74, 6) is 0.196. The van der Waals surface area contributed by atoms with Crippen LogP contribution in [0.5, 0.6) is 11.5 Å². The topological polar surface area (TPSA) is 67.9 Å². The van der Waals surface area contributed by atoms with Crippen molar-refractivity contribution >= 4 is 18.0 Å². The number of rotatable bonds is 7. The Morgan fingerprint density at radius 1 is 1.07 bits per heavy atom. The first kappa shape index (κ1) is 19.4. The molecule has 2 aromatic carbocycles. The van der Waals surface area contributed by atoms with Crippen molar-refractivity contribution in [1.82, 2.24) is 10.2 Å². The Labute approximate surface area is 162 Å². The highest BCUT2D eigenvalue weighted by Crippen LogP contribution is 2.28. The first-order valence-corrected chi connectivity index (χ1v) is 9.01. The highest BCUT2D eigenvalue weighted by atomic mass is 19.1. The molecular weight excluding hydrogens is 363 g/mol. The second-order valence-electron chi connectivity index (χ2n) is 6.04. The molecule has 2 aromatic rings. The first-order valence-electron chi connectivity index (χ1n) is 9.01. The average molecular weight is 384 g/mol. The Balaban J connectivity index is 1.86. The van der Waals surface area contributed by atoms with Crippen molar-refractivity contribution in [1.29, 1.82) is 0 Å². The fourth-order valence-corrected chi connectivity index (χ4v) is 2.84. The van der Waals surface area contributed by atoms with E-state index in [2.05, 4.69) is 5.32 Å². The molecule has 0 aliphatic carbocycles. The maximum atomic E-state index is 13.9. The van der Waals surface area contributed by atoms with E-state index in [1.807, 2.05) is 13.8 Å². The lowest BCUT2D eigenvalue weighted by Gasteiger charge is -2.12. The number of hydrogen-bond donors (Lipinski definition) is 1. The molecule has 3 rings (SSSR count). The molecule has 0 saturated carbocycles. The molecule has 1 saturated heterocycles. The van der Waals surface area contributed by atoms with Crippen LogP contribution in [0, 0.1) is 5.82 Å². The van der Waals surface area contributed by atoms with Gasteiger partial charge in [0.15, 0.2) is 0 Å². The molecule has 1 fully saturated rings. The Bertz CT molecular complexity index is 926. The SMILES string of the molecule is CCOc1ccc(/C=C2/NC(=O)N(Cc3ccccc3F)C2=O)c(OCC)c1. The molecule has 6 nitrogen and oxygen atoms in total. The van der Waals surface area contributed by atoms with E-state index in [9.17, 15) is 14.0 Å². The molecule has 0 atom stereocenters. The molecule has 28 heavy (non-hydrogen) atoms. The molecule has 146 valence electrons. The number of carbonyl (C=O) groups excluding carboxylic acids is 2. The summed E-state index contributed by atoms with van der Waals surface area (Å²) in [5.41, 5.74) is 0.997. The Hall–Kier alpha value is -3.35. The van der Waals surface area contributed by atoms with Crippen LogP contribution in [0.4, 0.5) is 9.18 Å². The quantitative estimate of drug-likeness (QED) is 0.584. The lowest BCUT2D eigenvalue weighted by Crippen LogP contribution is -2.30. The van der Waals surface area contributed by atoms with Crippen LogP contribution in [0.1, 0.15) is 25.0 Å². The van der Waals surface area contributed by atoms with Gasteiger partial charge < -0.3 is 14.8 Å². The van der Waals surface area contributed by atoms with Crippen molar-refractivity contribution < 1.29 is 23.5 Å². The van der Waals surface area contributed by atoms with Crippen molar-refractivity contribution in [3.63, 3.8) is 0 Å². The fourth-order valence-electron chi connectivity index (χ4n) is 2.84. The second-order valence-corrected chi connectivity index (χ2v) is 6.04. The number of imide groups is 1. The molecule has 1 heterocycles. The van der Waals surface area contributed by atoms with Crippen LogP contribution < -0.4 is 14.8 Å². The van der Waals surface area contributed by atoms with Crippen LogP contribution >= 0.6 is 0 Å². The lowest BCUT2D eigenvalue weighted by atomic mass is 10.1. The number of benzene rings is 2. The monoisotopic (exact) mass is 384 g/mol. The van der Waals surface area contributed by atoms with Gasteiger partial charge >= 0.3 is 6.03 Å². The highest BCUT2D eigenvalue weighted by molar-refractivity contribution is 6.14. The smallest absolute Gasteiger partial charge is 0.329 e. The van der Waals surface area contributed by atoms with Gasteiger partial charge in [-0.2, -0.15) is 0 Å². The number of carbonyl (C=O) groups is 2. The van der Waals surface area contributed by atoms with Gasteiger partial charge in [-0.3, -0.25) is 9.69 Å². The van der Waals surface area contributed by atoms with Gasteiger partial charge in [-0.15, -0.1) is 0 Å². The average Bonchev–Trinajstić information content (AvgIpc) is 2.93. The zero-order chi connectivity index (χ0) is 20.1. The Kier molecular flexibility index (Phi) is 5.93. The van der Waals surface area contributed by atoms with E-state index in [0.29, 0.717) is 30.3 Å². The zero-order valence-corrected chi connectivity index (χ0v) is 15.7. The summed E-state index contributed by atoms with van der Waals surface area (Å²) in [6.45, 7) is 4.54. The van der Waals surface area contributed by atoms with Gasteiger partial charge in [-0.05, 0) is 38.1 Å². The Morgan fingerprint density at radius 3 is 2.54 bits per heavy atom. The summed E-state index contributed by atoms with van der Waals surface area (Å²) in [7, 11) is 0. The fraction of sp³-hybridized carbons (Fsp3) is 0.238. The van der Waals surface area contributed by atoms with Gasteiger partial charge in [-0.25, -0.2) is 9.18 Å². The number of ether oxygens (including phenoxy) is 2. The molecule has 0 radical (unpaired) electrons. The van der Waals surface area contributed by atoms with E-state index in [4.69, 9.17) is 9.47 Å². The number of hydrogen-bond acceptors (Lipinski definition) is 4. The van der Waals surface area contributed by atoms with E-state index in [1.54, 1.807) is 36.4 Å². The van der Waals surface area contributed by atoms with Crippen LogP contribution in [-0.2, 0) is 11.3 Å². The van der Waals surface area contributed by atoms with Crippen LogP contribution in [0.25, 0.3) is 6.08 Å². The van der Waals surface area contributed by atoms with E-state index in [-0.39, 0.29) is 17.8 Å². The lowest BCUT2D eigenvalue weighted by molar-refractivity contribution is -0.123. The first-order chi connectivity index (χ1) is 13.5. The third-order valence-electron chi connectivity index (χ3n) is 4.14. The van der Waals surface area contributed by atoms with Crippen molar-refractivity contribution in [3.8, 4) is 11.5 Å². The van der Waals surface area contributed by atoms with Gasteiger partial charge in [0.05, 0.1) is 19.8 Å². The van der Waals surface area contributed by atoms with Crippen molar-refractivity contribution in [2.24, 2.45) is 0 Å². The van der Waals surface area contributed by atoms with Gasteiger partial charge in [0.1, 0.15) is 23.0 Å². The molecule has 1 aliphatic rings. The summed E-state index contributed by atoms with van der Waals surface area (Å²) < 4.78 is 25.0. The van der Waals surface area contributed by atoms with E-state index in [1.165, 1.54) is 12.1 Å². The van der Waals surface area contributed by atoms with Gasteiger partial charge in [0.2, 0.25) is 0 Å². The maximum absolute atomic E-state index is 13.9. The van der Waals surface area contributed by atoms with Crippen LogP contribution in [0.3, 0.4) is 0 Å². The minimum atomic E-state index is -0.594. The molecule has 0 aromatic heterocycles. The normalized spacial score (nSPS) is 15.1. The van der Waals surface area contributed by atoms with E-state index in [0.717, 1.165) is 4.90 Å². The molecular formula is C21H21FN2O4. The largest absolute Gasteiger partial charge is 0.494 e. The summed E-state index contributed by atoms with van der Waals surface area (Å²) >= 11 is 0. The van der Waals surface area contributed by atoms with Crippen molar-refractivity contribution in [2.45, 2.75) is 20.4 Å². The number of nitrogens with zero attached hydrogens (tertiary/aromatic N) is 1. The van der Waals surface area contributed by atoms with Gasteiger partial charge in [0.25, 0.3) is 5.91 Å². The molecule has 1 N–H and O–H groups in total. The predicted octanol–water partition coefficient (Wildman–Crippen LogP) is 3.72. The number of amides is 3. The zero-order valence-electron chi connectivity index (χ0n) is 15.7. The van der Waals surface area contributed by atoms with Crippen molar-refractivity contribution in [3.05, 3.63) is 65.1 Å². The van der Waals surface area contributed by atoms with Gasteiger partial charge in [0, 0.05) is 17.2 Å². The summed E-state index contributed by atoms with van der Waals surface area (Å²) in [6.07, 6.45) is 1.54. The third-order valence-corrected chi connectivity index (χ3v) is 4.14. The molecule has 7 heteroatoms.